The fourth-order valence-corrected chi connectivity index (χ4v) is 1.99. The van der Waals surface area contributed by atoms with Gasteiger partial charge in [0.15, 0.2) is 6.61 Å². The number of hydrogen-bond acceptors (Lipinski definition) is 3. The van der Waals surface area contributed by atoms with Crippen LogP contribution in [0.1, 0.15) is 6.42 Å². The highest BCUT2D eigenvalue weighted by atomic mass is 35.5. The number of halogens is 1. The molecular weight excluding hydrogens is 268 g/mol. The highest BCUT2D eigenvalue weighted by Gasteiger charge is 2.19. The third-order valence-electron chi connectivity index (χ3n) is 2.77. The van der Waals surface area contributed by atoms with Crippen LogP contribution in [0, 0.1) is 0 Å². The fourth-order valence-electron chi connectivity index (χ4n) is 1.81. The molecule has 0 atom stereocenters. The van der Waals surface area contributed by atoms with Crippen LogP contribution in [0.15, 0.2) is 24.3 Å². The average Bonchev–Trinajstić information content (AvgIpc) is 2.61. The monoisotopic (exact) mass is 282 g/mol. The zero-order valence-corrected chi connectivity index (χ0v) is 11.2. The van der Waals surface area contributed by atoms with Crippen molar-refractivity contribution >= 4 is 23.4 Å². The lowest BCUT2D eigenvalue weighted by Crippen LogP contribution is -2.39. The Balaban J connectivity index is 1.88. The summed E-state index contributed by atoms with van der Waals surface area (Å²) < 4.78 is 5.37. The van der Waals surface area contributed by atoms with Crippen LogP contribution in [-0.4, -0.2) is 43.0 Å². The molecule has 102 valence electrons. The second kappa shape index (κ2) is 6.43. The van der Waals surface area contributed by atoms with Crippen LogP contribution in [0.3, 0.4) is 0 Å². The molecule has 0 aromatic heterocycles. The van der Waals surface area contributed by atoms with Crippen molar-refractivity contribution in [2.75, 3.05) is 26.2 Å². The van der Waals surface area contributed by atoms with E-state index in [1.807, 2.05) is 0 Å². The number of nitrogens with one attached hydrogen (secondary N) is 1. The van der Waals surface area contributed by atoms with Gasteiger partial charge in [-0.15, -0.1) is 0 Å². The molecule has 1 aliphatic rings. The van der Waals surface area contributed by atoms with Gasteiger partial charge in [0.2, 0.25) is 5.91 Å². The summed E-state index contributed by atoms with van der Waals surface area (Å²) in [5, 5.41) is 3.27. The Bertz CT molecular complexity index is 479. The second-order valence-electron chi connectivity index (χ2n) is 4.26. The Labute approximate surface area is 116 Å². The van der Waals surface area contributed by atoms with Gasteiger partial charge in [-0.1, -0.05) is 17.7 Å². The maximum atomic E-state index is 11.9. The number of amides is 2. The van der Waals surface area contributed by atoms with Crippen LogP contribution in [-0.2, 0) is 9.59 Å². The number of benzene rings is 1. The van der Waals surface area contributed by atoms with Gasteiger partial charge in [-0.2, -0.15) is 0 Å². The number of carbonyl (C=O) groups excluding carboxylic acids is 2. The molecule has 0 unspecified atom stereocenters. The maximum Gasteiger partial charge on any atom is 0.260 e. The van der Waals surface area contributed by atoms with Crippen LogP contribution in [0.2, 0.25) is 5.02 Å². The number of hydrogen-bond donors (Lipinski definition) is 1. The summed E-state index contributed by atoms with van der Waals surface area (Å²) in [6.07, 6.45) is 0.759. The van der Waals surface area contributed by atoms with E-state index in [1.165, 1.54) is 4.90 Å². The molecular formula is C13H15ClN2O3. The van der Waals surface area contributed by atoms with E-state index in [-0.39, 0.29) is 25.0 Å². The van der Waals surface area contributed by atoms with Gasteiger partial charge in [0.05, 0.1) is 6.54 Å². The standard InChI is InChI=1S/C13H15ClN2O3/c14-10-3-1-4-11(7-10)19-9-13(18)16-6-2-5-15-12(17)8-16/h1,3-4,7H,2,5-6,8-9H2,(H,15,17). The molecule has 1 saturated heterocycles. The molecule has 0 radical (unpaired) electrons. The Morgan fingerprint density at radius 1 is 1.47 bits per heavy atom. The third kappa shape index (κ3) is 4.13. The molecule has 1 N–H and O–H groups in total. The molecule has 19 heavy (non-hydrogen) atoms. The Morgan fingerprint density at radius 2 is 2.32 bits per heavy atom. The van der Waals surface area contributed by atoms with Gasteiger partial charge in [0.1, 0.15) is 5.75 Å². The van der Waals surface area contributed by atoms with Gasteiger partial charge < -0.3 is 15.0 Å². The summed E-state index contributed by atoms with van der Waals surface area (Å²) in [6, 6.07) is 6.86. The minimum Gasteiger partial charge on any atom is -0.484 e. The van der Waals surface area contributed by atoms with Crippen LogP contribution < -0.4 is 10.1 Å². The molecule has 1 aromatic carbocycles. The van der Waals surface area contributed by atoms with Gasteiger partial charge in [0.25, 0.3) is 5.91 Å². The van der Waals surface area contributed by atoms with Crippen molar-refractivity contribution in [2.24, 2.45) is 0 Å². The zero-order valence-electron chi connectivity index (χ0n) is 10.4. The van der Waals surface area contributed by atoms with E-state index in [1.54, 1.807) is 24.3 Å². The quantitative estimate of drug-likeness (QED) is 0.902. The van der Waals surface area contributed by atoms with Crippen molar-refractivity contribution in [2.45, 2.75) is 6.42 Å². The molecule has 0 bridgehead atoms. The van der Waals surface area contributed by atoms with E-state index in [4.69, 9.17) is 16.3 Å². The summed E-state index contributed by atoms with van der Waals surface area (Å²) in [5.41, 5.74) is 0. The fraction of sp³-hybridized carbons (Fsp3) is 0.385. The van der Waals surface area contributed by atoms with Crippen LogP contribution in [0.25, 0.3) is 0 Å². The lowest BCUT2D eigenvalue weighted by molar-refractivity contribution is -0.136. The molecule has 1 aliphatic heterocycles. The first-order chi connectivity index (χ1) is 9.15. The Morgan fingerprint density at radius 3 is 3.11 bits per heavy atom. The predicted octanol–water partition coefficient (Wildman–Crippen LogP) is 1.07. The van der Waals surface area contributed by atoms with Gasteiger partial charge in [0, 0.05) is 18.1 Å². The molecule has 0 spiro atoms. The summed E-state index contributed by atoms with van der Waals surface area (Å²) in [4.78, 5) is 24.8. The summed E-state index contributed by atoms with van der Waals surface area (Å²) in [7, 11) is 0. The van der Waals surface area contributed by atoms with Crippen molar-refractivity contribution in [3.05, 3.63) is 29.3 Å². The number of nitrogens with zero attached hydrogens (tertiary/aromatic N) is 1. The SMILES string of the molecule is O=C1CN(C(=O)COc2cccc(Cl)c2)CCCN1. The molecule has 5 nitrogen and oxygen atoms in total. The highest BCUT2D eigenvalue weighted by molar-refractivity contribution is 6.30. The lowest BCUT2D eigenvalue weighted by Gasteiger charge is -2.19. The van der Waals surface area contributed by atoms with E-state index in [0.29, 0.717) is 23.9 Å². The molecule has 2 rings (SSSR count). The minimum absolute atomic E-state index is 0.0897. The van der Waals surface area contributed by atoms with E-state index in [9.17, 15) is 9.59 Å². The first-order valence-electron chi connectivity index (χ1n) is 6.08. The van der Waals surface area contributed by atoms with Gasteiger partial charge in [-0.25, -0.2) is 0 Å². The van der Waals surface area contributed by atoms with Gasteiger partial charge in [-0.05, 0) is 24.6 Å². The molecule has 2 amide bonds. The Kier molecular flexibility index (Phi) is 4.63. The minimum atomic E-state index is -0.197. The Hall–Kier alpha value is -1.75. The normalized spacial score (nSPS) is 15.6. The van der Waals surface area contributed by atoms with Gasteiger partial charge >= 0.3 is 0 Å². The van der Waals surface area contributed by atoms with E-state index < -0.39 is 0 Å². The topological polar surface area (TPSA) is 58.6 Å². The van der Waals surface area contributed by atoms with E-state index in [2.05, 4.69) is 5.32 Å². The number of ether oxygens (including phenoxy) is 1. The third-order valence-corrected chi connectivity index (χ3v) is 3.01. The van der Waals surface area contributed by atoms with Gasteiger partial charge in [-0.3, -0.25) is 9.59 Å². The smallest absolute Gasteiger partial charge is 0.260 e. The largest absolute Gasteiger partial charge is 0.484 e. The second-order valence-corrected chi connectivity index (χ2v) is 4.70. The highest BCUT2D eigenvalue weighted by Crippen LogP contribution is 2.17. The first-order valence-corrected chi connectivity index (χ1v) is 6.46. The number of carbonyl (C=O) groups is 2. The molecule has 1 aromatic rings. The predicted molar refractivity (Wildman–Crippen MR) is 71.2 cm³/mol. The van der Waals surface area contributed by atoms with Crippen molar-refractivity contribution in [3.63, 3.8) is 0 Å². The zero-order chi connectivity index (χ0) is 13.7. The maximum absolute atomic E-state index is 11.9. The van der Waals surface area contributed by atoms with Crippen LogP contribution >= 0.6 is 11.6 Å². The average molecular weight is 283 g/mol. The van der Waals surface area contributed by atoms with Crippen LogP contribution in [0.5, 0.6) is 5.75 Å². The van der Waals surface area contributed by atoms with Crippen LogP contribution in [0.4, 0.5) is 0 Å². The van der Waals surface area contributed by atoms with Crippen molar-refractivity contribution in [3.8, 4) is 5.75 Å². The molecule has 6 heteroatoms. The lowest BCUT2D eigenvalue weighted by atomic mass is 10.3. The van der Waals surface area contributed by atoms with Crippen molar-refractivity contribution in [1.29, 1.82) is 0 Å². The summed E-state index contributed by atoms with van der Waals surface area (Å²) >= 11 is 5.82. The molecule has 0 aliphatic carbocycles. The van der Waals surface area contributed by atoms with E-state index >= 15 is 0 Å². The molecule has 0 saturated carbocycles. The molecule has 1 fully saturated rings. The van der Waals surface area contributed by atoms with E-state index in [0.717, 1.165) is 6.42 Å². The van der Waals surface area contributed by atoms with Crippen molar-refractivity contribution in [1.82, 2.24) is 10.2 Å². The number of rotatable bonds is 3. The first kappa shape index (κ1) is 13.7. The summed E-state index contributed by atoms with van der Waals surface area (Å²) in [6.45, 7) is 1.18. The van der Waals surface area contributed by atoms with Crippen molar-refractivity contribution < 1.29 is 14.3 Å². The molecule has 1 heterocycles. The summed E-state index contributed by atoms with van der Waals surface area (Å²) in [5.74, 6) is 0.214.